The Morgan fingerprint density at radius 1 is 1.21 bits per heavy atom. The van der Waals surface area contributed by atoms with Crippen LogP contribution in [-0.4, -0.2) is 22.6 Å². The highest BCUT2D eigenvalue weighted by Gasteiger charge is 2.57. The van der Waals surface area contributed by atoms with Gasteiger partial charge in [0.15, 0.2) is 0 Å². The van der Waals surface area contributed by atoms with Gasteiger partial charge in [0.05, 0.1) is 12.8 Å². The number of esters is 1. The van der Waals surface area contributed by atoms with E-state index in [2.05, 4.69) is 27.7 Å². The number of aliphatic carboxylic acids is 1. The van der Waals surface area contributed by atoms with Crippen molar-refractivity contribution in [2.75, 3.05) is 0 Å². The summed E-state index contributed by atoms with van der Waals surface area (Å²) in [4.78, 5) is 22.2. The first-order chi connectivity index (χ1) is 8.75. The Labute approximate surface area is 115 Å². The van der Waals surface area contributed by atoms with Gasteiger partial charge in [-0.3, -0.25) is 9.59 Å². The maximum Gasteiger partial charge on any atom is 0.306 e. The van der Waals surface area contributed by atoms with Crippen LogP contribution in [0.1, 0.15) is 59.8 Å². The Morgan fingerprint density at radius 3 is 2.32 bits per heavy atom. The zero-order valence-electron chi connectivity index (χ0n) is 12.4. The average Bonchev–Trinajstić information content (AvgIpc) is 2.85. The highest BCUT2D eigenvalue weighted by atomic mass is 16.6. The molecule has 1 aliphatic rings. The lowest BCUT2D eigenvalue weighted by molar-refractivity contribution is -0.155. The smallest absolute Gasteiger partial charge is 0.306 e. The van der Waals surface area contributed by atoms with E-state index in [9.17, 15) is 9.59 Å². The first kappa shape index (κ1) is 16.0. The maximum absolute atomic E-state index is 11.7. The minimum absolute atomic E-state index is 0.0242. The molecule has 0 radical (unpaired) electrons. The van der Waals surface area contributed by atoms with Gasteiger partial charge in [0.25, 0.3) is 0 Å². The van der Waals surface area contributed by atoms with Gasteiger partial charge in [0, 0.05) is 5.92 Å². The van der Waals surface area contributed by atoms with Crippen molar-refractivity contribution in [2.24, 2.45) is 17.8 Å². The summed E-state index contributed by atoms with van der Waals surface area (Å²) >= 11 is 0. The van der Waals surface area contributed by atoms with Gasteiger partial charge in [-0.05, 0) is 31.1 Å². The van der Waals surface area contributed by atoms with Gasteiger partial charge in [-0.1, -0.05) is 27.7 Å². The van der Waals surface area contributed by atoms with Gasteiger partial charge >= 0.3 is 11.9 Å². The maximum atomic E-state index is 11.7. The summed E-state index contributed by atoms with van der Waals surface area (Å²) in [5, 5.41) is 8.58. The molecule has 1 fully saturated rings. The molecule has 0 saturated heterocycles. The van der Waals surface area contributed by atoms with Crippen molar-refractivity contribution in [3.63, 3.8) is 0 Å². The van der Waals surface area contributed by atoms with Gasteiger partial charge in [-0.2, -0.15) is 0 Å². The van der Waals surface area contributed by atoms with Crippen LogP contribution in [0.2, 0.25) is 0 Å². The van der Waals surface area contributed by atoms with Crippen molar-refractivity contribution in [3.8, 4) is 0 Å². The number of ether oxygens (including phenoxy) is 1. The highest BCUT2D eigenvalue weighted by Crippen LogP contribution is 2.54. The second-order valence-electron chi connectivity index (χ2n) is 6.56. The molecule has 4 nitrogen and oxygen atoms in total. The molecule has 0 amide bonds. The van der Waals surface area contributed by atoms with Crippen molar-refractivity contribution < 1.29 is 19.4 Å². The van der Waals surface area contributed by atoms with Crippen LogP contribution in [0, 0.1) is 17.8 Å². The van der Waals surface area contributed by atoms with Crippen molar-refractivity contribution >= 4 is 11.9 Å². The predicted octanol–water partition coefficient (Wildman–Crippen LogP) is 3.25. The van der Waals surface area contributed by atoms with Crippen molar-refractivity contribution in [1.29, 1.82) is 0 Å². The molecule has 0 aromatic rings. The number of carboxylic acids is 1. The molecule has 1 N–H and O–H groups in total. The van der Waals surface area contributed by atoms with E-state index in [0.29, 0.717) is 17.8 Å². The normalized spacial score (nSPS) is 25.7. The molecular formula is C15H26O4. The standard InChI is InChI=1S/C15H26O4/c1-10(2)7-12-9-15(12,8-11(3)4)19-14(18)6-5-13(16)17/h10-12H,5-9H2,1-4H3,(H,16,17). The summed E-state index contributed by atoms with van der Waals surface area (Å²) in [7, 11) is 0. The summed E-state index contributed by atoms with van der Waals surface area (Å²) in [6.07, 6.45) is 2.71. The quantitative estimate of drug-likeness (QED) is 0.688. The van der Waals surface area contributed by atoms with Crippen LogP contribution in [0.15, 0.2) is 0 Å². The largest absolute Gasteiger partial charge is 0.481 e. The Morgan fingerprint density at radius 2 is 1.84 bits per heavy atom. The van der Waals surface area contributed by atoms with E-state index >= 15 is 0 Å². The second kappa shape index (κ2) is 6.40. The van der Waals surface area contributed by atoms with E-state index in [-0.39, 0.29) is 24.4 Å². The summed E-state index contributed by atoms with van der Waals surface area (Å²) in [5.74, 6) is 0.198. The number of hydrogen-bond donors (Lipinski definition) is 1. The Hall–Kier alpha value is -1.06. The van der Waals surface area contributed by atoms with Crippen LogP contribution < -0.4 is 0 Å². The van der Waals surface area contributed by atoms with Gasteiger partial charge < -0.3 is 9.84 Å². The molecule has 19 heavy (non-hydrogen) atoms. The fourth-order valence-electron chi connectivity index (χ4n) is 2.82. The molecule has 0 aromatic heterocycles. The van der Waals surface area contributed by atoms with Crippen molar-refractivity contribution in [2.45, 2.75) is 65.4 Å². The Balaban J connectivity index is 2.52. The fraction of sp³-hybridized carbons (Fsp3) is 0.867. The molecule has 1 aliphatic carbocycles. The van der Waals surface area contributed by atoms with E-state index in [1.54, 1.807) is 0 Å². The molecule has 0 bridgehead atoms. The zero-order chi connectivity index (χ0) is 14.6. The van der Waals surface area contributed by atoms with Crippen LogP contribution >= 0.6 is 0 Å². The number of hydrogen-bond acceptors (Lipinski definition) is 3. The lowest BCUT2D eigenvalue weighted by atomic mass is 9.98. The van der Waals surface area contributed by atoms with Gasteiger partial charge in [0.1, 0.15) is 5.60 Å². The minimum atomic E-state index is -0.954. The molecule has 0 heterocycles. The SMILES string of the molecule is CC(C)CC1CC1(CC(C)C)OC(=O)CCC(=O)O. The van der Waals surface area contributed by atoms with E-state index in [1.807, 2.05) is 0 Å². The van der Waals surface area contributed by atoms with Crippen LogP contribution in [0.5, 0.6) is 0 Å². The number of carbonyl (C=O) groups is 2. The first-order valence-corrected chi connectivity index (χ1v) is 7.19. The highest BCUT2D eigenvalue weighted by molar-refractivity contribution is 5.77. The summed E-state index contributed by atoms with van der Waals surface area (Å²) in [6.45, 7) is 8.59. The molecule has 0 spiro atoms. The monoisotopic (exact) mass is 270 g/mol. The summed E-state index contributed by atoms with van der Waals surface area (Å²) in [5.41, 5.74) is -0.311. The predicted molar refractivity (Wildman–Crippen MR) is 72.7 cm³/mol. The lowest BCUT2D eigenvalue weighted by Gasteiger charge is -2.21. The molecule has 110 valence electrons. The van der Waals surface area contributed by atoms with E-state index in [4.69, 9.17) is 9.84 Å². The van der Waals surface area contributed by atoms with Crippen LogP contribution in [0.4, 0.5) is 0 Å². The Bertz CT molecular complexity index is 335. The zero-order valence-corrected chi connectivity index (χ0v) is 12.4. The molecule has 0 aliphatic heterocycles. The van der Waals surface area contributed by atoms with E-state index < -0.39 is 5.97 Å². The van der Waals surface area contributed by atoms with Gasteiger partial charge in [-0.25, -0.2) is 0 Å². The molecule has 1 saturated carbocycles. The molecule has 1 rings (SSSR count). The number of carbonyl (C=O) groups excluding carboxylic acids is 1. The lowest BCUT2D eigenvalue weighted by Crippen LogP contribution is -2.25. The summed E-state index contributed by atoms with van der Waals surface area (Å²) < 4.78 is 5.62. The number of rotatable bonds is 8. The molecule has 4 heteroatoms. The van der Waals surface area contributed by atoms with Crippen molar-refractivity contribution in [3.05, 3.63) is 0 Å². The third-order valence-corrected chi connectivity index (χ3v) is 3.55. The Kier molecular flexibility index (Phi) is 5.39. The van der Waals surface area contributed by atoms with Gasteiger partial charge in [0.2, 0.25) is 0 Å². The first-order valence-electron chi connectivity index (χ1n) is 7.19. The van der Waals surface area contributed by atoms with Crippen LogP contribution in [-0.2, 0) is 14.3 Å². The molecule has 0 aromatic carbocycles. The van der Waals surface area contributed by atoms with E-state index in [1.165, 1.54) is 0 Å². The third kappa shape index (κ3) is 5.21. The van der Waals surface area contributed by atoms with Crippen LogP contribution in [0.25, 0.3) is 0 Å². The third-order valence-electron chi connectivity index (χ3n) is 3.55. The van der Waals surface area contributed by atoms with Crippen LogP contribution in [0.3, 0.4) is 0 Å². The minimum Gasteiger partial charge on any atom is -0.481 e. The van der Waals surface area contributed by atoms with Gasteiger partial charge in [-0.15, -0.1) is 0 Å². The van der Waals surface area contributed by atoms with E-state index in [0.717, 1.165) is 19.3 Å². The topological polar surface area (TPSA) is 63.6 Å². The fourth-order valence-corrected chi connectivity index (χ4v) is 2.82. The molecule has 2 atom stereocenters. The van der Waals surface area contributed by atoms with Crippen molar-refractivity contribution in [1.82, 2.24) is 0 Å². The molecule has 2 unspecified atom stereocenters. The molecular weight excluding hydrogens is 244 g/mol. The number of carboxylic acid groups (broad SMARTS) is 1. The second-order valence-corrected chi connectivity index (χ2v) is 6.56. The summed E-state index contributed by atoms with van der Waals surface area (Å²) in [6, 6.07) is 0. The average molecular weight is 270 g/mol.